The predicted octanol–water partition coefficient (Wildman–Crippen LogP) is 5.51. The van der Waals surface area contributed by atoms with Crippen molar-refractivity contribution in [3.8, 4) is 0 Å². The Morgan fingerprint density at radius 3 is 2.77 bits per heavy atom. The van der Waals surface area contributed by atoms with E-state index in [1.165, 1.54) is 44.1 Å². The highest BCUT2D eigenvalue weighted by atomic mass is 16.7. The number of fused-ring (bicyclic) bond motifs is 5. The van der Waals surface area contributed by atoms with Crippen LogP contribution in [0.3, 0.4) is 0 Å². The molecule has 1 aliphatic heterocycles. The lowest BCUT2D eigenvalue weighted by molar-refractivity contribution is -0.0426. The molecule has 5 rings (SSSR count). The first-order valence-electron chi connectivity index (χ1n) is 14.3. The molecular weight excluding hydrogens is 438 g/mol. The lowest BCUT2D eigenvalue weighted by Crippen LogP contribution is -2.50. The average Bonchev–Trinajstić information content (AvgIpc) is 3.20. The van der Waals surface area contributed by atoms with Crippen molar-refractivity contribution < 1.29 is 14.7 Å². The van der Waals surface area contributed by atoms with E-state index >= 15 is 0 Å². The van der Waals surface area contributed by atoms with Crippen LogP contribution < -0.4 is 5.32 Å². The highest BCUT2D eigenvalue weighted by Gasteiger charge is 2.59. The number of likely N-dealkylation sites (N-methyl/N-ethyl adjacent to an activating group) is 1. The zero-order valence-electron chi connectivity index (χ0n) is 22.4. The number of piperidine rings is 1. The van der Waals surface area contributed by atoms with E-state index in [0.29, 0.717) is 24.4 Å². The molecule has 0 spiro atoms. The second-order valence-corrected chi connectivity index (χ2v) is 12.9. The summed E-state index contributed by atoms with van der Waals surface area (Å²) in [5.41, 5.74) is 3.03. The van der Waals surface area contributed by atoms with Crippen molar-refractivity contribution in [3.05, 3.63) is 11.6 Å². The number of aliphatic hydroxyl groups is 1. The van der Waals surface area contributed by atoms with Gasteiger partial charge in [0.15, 0.2) is 0 Å². The fourth-order valence-electron chi connectivity index (χ4n) is 9.06. The number of oxime groups is 1. The predicted molar refractivity (Wildman–Crippen MR) is 139 cm³/mol. The van der Waals surface area contributed by atoms with Gasteiger partial charge in [0.2, 0.25) is 0 Å². The Bertz CT molecular complexity index is 865. The van der Waals surface area contributed by atoms with Crippen LogP contribution in [0.4, 0.5) is 4.79 Å². The van der Waals surface area contributed by atoms with Gasteiger partial charge in [-0.2, -0.15) is 0 Å². The maximum Gasteiger partial charge on any atom is 0.435 e. The van der Waals surface area contributed by atoms with Gasteiger partial charge in [-0.05, 0) is 106 Å². The number of nitrogens with zero attached hydrogens (tertiary/aromatic N) is 2. The zero-order valence-corrected chi connectivity index (χ0v) is 22.4. The number of hydrogen-bond acceptors (Lipinski definition) is 5. The van der Waals surface area contributed by atoms with Gasteiger partial charge in [0.25, 0.3) is 0 Å². The molecule has 6 heteroatoms. The molecule has 6 nitrogen and oxygen atoms in total. The Kier molecular flexibility index (Phi) is 7.08. The fraction of sp³-hybridized carbons (Fsp3) is 0.862. The minimum absolute atomic E-state index is 0.143. The Morgan fingerprint density at radius 2 is 2.00 bits per heavy atom. The van der Waals surface area contributed by atoms with E-state index in [1.54, 1.807) is 4.90 Å². The van der Waals surface area contributed by atoms with Crippen LogP contribution in [0, 0.1) is 34.5 Å². The monoisotopic (exact) mass is 485 g/mol. The highest BCUT2D eigenvalue weighted by molar-refractivity contribution is 5.85. The second-order valence-electron chi connectivity index (χ2n) is 12.9. The van der Waals surface area contributed by atoms with Gasteiger partial charge in [-0.15, -0.1) is 0 Å². The van der Waals surface area contributed by atoms with Crippen molar-refractivity contribution in [2.24, 2.45) is 39.7 Å². The zero-order chi connectivity index (χ0) is 24.8. The number of rotatable bonds is 4. The molecule has 0 aromatic carbocycles. The first kappa shape index (κ1) is 25.3. The summed E-state index contributed by atoms with van der Waals surface area (Å²) in [7, 11) is 1.81. The van der Waals surface area contributed by atoms with Crippen molar-refractivity contribution in [2.45, 2.75) is 104 Å². The molecule has 0 bridgehead atoms. The standard InChI is InChI=1S/C29H47N3O3/c1-19(31-35-27(34)32(4)18-21-7-5-6-16-30-21)24-10-11-25-23-9-8-20-17-22(33)12-14-28(20,2)26(23)13-15-29(24,25)3/h8,21-26,30,33H,5-7,9-18H2,1-4H3/b31-19+/t21?,22-,23-,24+,25-,26-,28-,29+/m0/s1. The smallest absolute Gasteiger partial charge is 0.393 e. The molecule has 8 atom stereocenters. The fourth-order valence-corrected chi connectivity index (χ4v) is 9.06. The van der Waals surface area contributed by atoms with Crippen LogP contribution in [-0.2, 0) is 4.84 Å². The minimum atomic E-state index is -0.350. The number of carbonyl (C=O) groups is 1. The summed E-state index contributed by atoms with van der Waals surface area (Å²) in [4.78, 5) is 19.7. The summed E-state index contributed by atoms with van der Waals surface area (Å²) < 4.78 is 0. The largest absolute Gasteiger partial charge is 0.435 e. The summed E-state index contributed by atoms with van der Waals surface area (Å²) >= 11 is 0. The van der Waals surface area contributed by atoms with Crippen molar-refractivity contribution in [3.63, 3.8) is 0 Å². The van der Waals surface area contributed by atoms with E-state index in [1.807, 2.05) is 7.05 Å². The van der Waals surface area contributed by atoms with Gasteiger partial charge in [0, 0.05) is 25.6 Å². The molecule has 1 saturated heterocycles. The lowest BCUT2D eigenvalue weighted by atomic mass is 9.47. The van der Waals surface area contributed by atoms with Gasteiger partial charge in [-0.3, -0.25) is 4.84 Å². The SMILES string of the molecule is C/C(=N\OC(=O)N(C)CC1CCCCN1)[C@H]1CC[C@H]2[C@@H]3CC=C4C[C@@H](O)CC[C@]4(C)[C@H]3CC[C@]12C. The molecule has 4 aliphatic carbocycles. The second kappa shape index (κ2) is 9.81. The third-order valence-corrected chi connectivity index (χ3v) is 11.1. The summed E-state index contributed by atoms with van der Waals surface area (Å²) in [5.74, 6) is 2.56. The number of allylic oxidation sites excluding steroid dienone is 1. The Morgan fingerprint density at radius 1 is 1.17 bits per heavy atom. The Hall–Kier alpha value is -1.40. The van der Waals surface area contributed by atoms with E-state index in [4.69, 9.17) is 4.84 Å². The van der Waals surface area contributed by atoms with E-state index in [-0.39, 0.29) is 23.0 Å². The third kappa shape index (κ3) is 4.58. The van der Waals surface area contributed by atoms with Crippen LogP contribution in [0.25, 0.3) is 0 Å². The topological polar surface area (TPSA) is 74.2 Å². The van der Waals surface area contributed by atoms with E-state index in [2.05, 4.69) is 37.3 Å². The molecule has 196 valence electrons. The van der Waals surface area contributed by atoms with Gasteiger partial charge in [0.05, 0.1) is 11.8 Å². The summed E-state index contributed by atoms with van der Waals surface area (Å²) in [5, 5.41) is 18.2. The van der Waals surface area contributed by atoms with Crippen LogP contribution in [0.15, 0.2) is 16.8 Å². The van der Waals surface area contributed by atoms with Crippen LogP contribution in [0.2, 0.25) is 0 Å². The summed E-state index contributed by atoms with van der Waals surface area (Å²) in [6.07, 6.45) is 14.6. The number of hydrogen-bond donors (Lipinski definition) is 2. The molecule has 1 heterocycles. The summed E-state index contributed by atoms with van der Waals surface area (Å²) in [6.45, 7) is 8.75. The van der Waals surface area contributed by atoms with Crippen molar-refractivity contribution in [1.29, 1.82) is 0 Å². The highest BCUT2D eigenvalue weighted by Crippen LogP contribution is 2.66. The van der Waals surface area contributed by atoms with Crippen LogP contribution >= 0.6 is 0 Å². The maximum atomic E-state index is 12.6. The average molecular weight is 486 g/mol. The van der Waals surface area contributed by atoms with Crippen LogP contribution in [0.5, 0.6) is 0 Å². The quantitative estimate of drug-likeness (QED) is 0.238. The van der Waals surface area contributed by atoms with Crippen molar-refractivity contribution in [1.82, 2.24) is 10.2 Å². The molecule has 3 saturated carbocycles. The normalized spacial score (nSPS) is 43.5. The Balaban J connectivity index is 1.23. The molecular formula is C29H47N3O3. The molecule has 5 aliphatic rings. The number of carbonyl (C=O) groups excluding carboxylic acids is 1. The number of amides is 1. The third-order valence-electron chi connectivity index (χ3n) is 11.1. The Labute approximate surface area is 211 Å². The van der Waals surface area contributed by atoms with Gasteiger partial charge in [0.1, 0.15) is 0 Å². The van der Waals surface area contributed by atoms with Gasteiger partial charge in [-0.25, -0.2) is 4.79 Å². The van der Waals surface area contributed by atoms with E-state index < -0.39 is 0 Å². The van der Waals surface area contributed by atoms with Gasteiger partial charge < -0.3 is 15.3 Å². The molecule has 0 aromatic heterocycles. The van der Waals surface area contributed by atoms with E-state index in [9.17, 15) is 9.90 Å². The van der Waals surface area contributed by atoms with Gasteiger partial charge in [-0.1, -0.05) is 37.1 Å². The minimum Gasteiger partial charge on any atom is -0.393 e. The molecule has 2 N–H and O–H groups in total. The first-order valence-corrected chi connectivity index (χ1v) is 14.3. The number of aliphatic hydroxyl groups excluding tert-OH is 1. The maximum absolute atomic E-state index is 12.6. The molecule has 0 aromatic rings. The van der Waals surface area contributed by atoms with E-state index in [0.717, 1.165) is 56.2 Å². The molecule has 35 heavy (non-hydrogen) atoms. The van der Waals surface area contributed by atoms with Crippen molar-refractivity contribution >= 4 is 11.8 Å². The molecule has 1 unspecified atom stereocenters. The molecule has 1 amide bonds. The van der Waals surface area contributed by atoms with Crippen molar-refractivity contribution in [2.75, 3.05) is 20.1 Å². The first-order chi connectivity index (χ1) is 16.7. The number of nitrogens with one attached hydrogen (secondary N) is 1. The lowest BCUT2D eigenvalue weighted by Gasteiger charge is -2.58. The molecule has 0 radical (unpaired) electrons. The van der Waals surface area contributed by atoms with Gasteiger partial charge >= 0.3 is 6.09 Å². The van der Waals surface area contributed by atoms with Crippen LogP contribution in [0.1, 0.15) is 91.4 Å². The molecule has 4 fully saturated rings. The summed E-state index contributed by atoms with van der Waals surface area (Å²) in [6, 6.07) is 0.357. The van der Waals surface area contributed by atoms with Crippen LogP contribution in [-0.4, -0.2) is 54.1 Å².